The van der Waals surface area contributed by atoms with E-state index < -0.39 is 0 Å². The van der Waals surface area contributed by atoms with Crippen LogP contribution in [0.3, 0.4) is 0 Å². The Hall–Kier alpha value is -1.41. The molecule has 1 aliphatic rings. The van der Waals surface area contributed by atoms with Gasteiger partial charge in [-0.05, 0) is 37.1 Å². The Balaban J connectivity index is 2.12. The molecule has 79 valence electrons. The Bertz CT molecular complexity index is 534. The molecular formula is C14H12NS. The predicted molar refractivity (Wildman–Crippen MR) is 69.4 cm³/mol. The van der Waals surface area contributed by atoms with Crippen LogP contribution in [-0.4, -0.2) is 0 Å². The standard InChI is InChI=1S/C14H12NS/c1-2-10-6-5-9-13-14(10)15-11-7-3-4-8-12(11)16-13/h3-9,15H,1-2H2. The molecule has 0 unspecified atom stereocenters. The van der Waals surface area contributed by atoms with Gasteiger partial charge in [-0.3, -0.25) is 0 Å². The van der Waals surface area contributed by atoms with E-state index in [1.54, 1.807) is 0 Å². The van der Waals surface area contributed by atoms with E-state index in [0.717, 1.165) is 6.42 Å². The van der Waals surface area contributed by atoms with E-state index in [2.05, 4.69) is 54.7 Å². The maximum absolute atomic E-state index is 3.97. The van der Waals surface area contributed by atoms with Gasteiger partial charge in [-0.15, -0.1) is 0 Å². The molecule has 0 saturated heterocycles. The van der Waals surface area contributed by atoms with Crippen molar-refractivity contribution in [3.63, 3.8) is 0 Å². The number of fused-ring (bicyclic) bond motifs is 2. The van der Waals surface area contributed by atoms with Crippen molar-refractivity contribution in [1.82, 2.24) is 0 Å². The van der Waals surface area contributed by atoms with Gasteiger partial charge in [-0.25, -0.2) is 0 Å². The van der Waals surface area contributed by atoms with Crippen molar-refractivity contribution in [2.45, 2.75) is 16.2 Å². The molecule has 0 saturated carbocycles. The lowest BCUT2D eigenvalue weighted by Gasteiger charge is -2.22. The van der Waals surface area contributed by atoms with E-state index in [1.165, 1.54) is 26.7 Å². The molecule has 0 aromatic heterocycles. The van der Waals surface area contributed by atoms with Gasteiger partial charge in [0, 0.05) is 9.79 Å². The zero-order valence-corrected chi connectivity index (χ0v) is 9.68. The summed E-state index contributed by atoms with van der Waals surface area (Å²) in [5.41, 5.74) is 3.70. The first-order valence-electron chi connectivity index (χ1n) is 5.33. The van der Waals surface area contributed by atoms with Crippen LogP contribution in [0.1, 0.15) is 5.56 Å². The molecule has 0 atom stereocenters. The summed E-state index contributed by atoms with van der Waals surface area (Å²) < 4.78 is 0. The molecule has 0 bridgehead atoms. The fraction of sp³-hybridized carbons (Fsp3) is 0.0714. The van der Waals surface area contributed by atoms with Crippen molar-refractivity contribution >= 4 is 23.1 Å². The number of hydrogen-bond donors (Lipinski definition) is 1. The van der Waals surface area contributed by atoms with E-state index in [1.807, 2.05) is 11.8 Å². The predicted octanol–water partition coefficient (Wildman–Crippen LogP) is 4.27. The lowest BCUT2D eigenvalue weighted by molar-refractivity contribution is 1.21. The van der Waals surface area contributed by atoms with Crippen molar-refractivity contribution in [3.8, 4) is 0 Å². The SMILES string of the molecule is [CH2]Cc1cccc2c1Nc1ccccc1S2. The van der Waals surface area contributed by atoms with Gasteiger partial charge in [0.2, 0.25) is 0 Å². The quantitative estimate of drug-likeness (QED) is 0.665. The molecule has 0 spiro atoms. The Morgan fingerprint density at radius 1 is 1.00 bits per heavy atom. The van der Waals surface area contributed by atoms with E-state index in [9.17, 15) is 0 Å². The van der Waals surface area contributed by atoms with Crippen LogP contribution in [0.5, 0.6) is 0 Å². The number of rotatable bonds is 1. The van der Waals surface area contributed by atoms with Crippen molar-refractivity contribution in [1.29, 1.82) is 0 Å². The number of para-hydroxylation sites is 2. The second kappa shape index (κ2) is 3.87. The monoisotopic (exact) mass is 226 g/mol. The second-order valence-corrected chi connectivity index (χ2v) is 4.85. The Morgan fingerprint density at radius 2 is 1.81 bits per heavy atom. The van der Waals surface area contributed by atoms with Gasteiger partial charge in [0.25, 0.3) is 0 Å². The van der Waals surface area contributed by atoms with Gasteiger partial charge in [0.1, 0.15) is 0 Å². The van der Waals surface area contributed by atoms with Gasteiger partial charge in [0.05, 0.1) is 11.4 Å². The normalized spacial score (nSPS) is 12.6. The molecule has 16 heavy (non-hydrogen) atoms. The van der Waals surface area contributed by atoms with Crippen molar-refractivity contribution in [2.75, 3.05) is 5.32 Å². The minimum Gasteiger partial charge on any atom is -0.353 e. The van der Waals surface area contributed by atoms with Crippen LogP contribution in [-0.2, 0) is 6.42 Å². The molecule has 2 heteroatoms. The van der Waals surface area contributed by atoms with Crippen molar-refractivity contribution in [3.05, 3.63) is 55.0 Å². The average molecular weight is 226 g/mol. The molecule has 2 aromatic carbocycles. The van der Waals surface area contributed by atoms with Crippen molar-refractivity contribution < 1.29 is 0 Å². The zero-order chi connectivity index (χ0) is 11.0. The third-order valence-corrected chi connectivity index (χ3v) is 3.88. The van der Waals surface area contributed by atoms with Crippen LogP contribution in [0, 0.1) is 6.92 Å². The summed E-state index contributed by atoms with van der Waals surface area (Å²) in [5.74, 6) is 0. The molecule has 1 nitrogen and oxygen atoms in total. The highest BCUT2D eigenvalue weighted by atomic mass is 32.2. The van der Waals surface area contributed by atoms with Gasteiger partial charge in [-0.1, -0.05) is 36.0 Å². The van der Waals surface area contributed by atoms with E-state index >= 15 is 0 Å². The summed E-state index contributed by atoms with van der Waals surface area (Å²) in [5, 5.41) is 3.50. The maximum Gasteiger partial charge on any atom is 0.0558 e. The first kappa shape index (κ1) is 9.79. The van der Waals surface area contributed by atoms with Gasteiger partial charge in [0.15, 0.2) is 0 Å². The summed E-state index contributed by atoms with van der Waals surface area (Å²) in [6.45, 7) is 3.97. The average Bonchev–Trinajstić information content (AvgIpc) is 2.35. The second-order valence-electron chi connectivity index (χ2n) is 3.76. The Kier molecular flexibility index (Phi) is 2.37. The molecule has 1 N–H and O–H groups in total. The summed E-state index contributed by atoms with van der Waals surface area (Å²) in [7, 11) is 0. The molecular weight excluding hydrogens is 214 g/mol. The fourth-order valence-corrected chi connectivity index (χ4v) is 2.97. The van der Waals surface area contributed by atoms with Crippen LogP contribution in [0.15, 0.2) is 52.3 Å². The smallest absolute Gasteiger partial charge is 0.0558 e. The van der Waals surface area contributed by atoms with Crippen LogP contribution in [0.4, 0.5) is 11.4 Å². The summed E-state index contributed by atoms with van der Waals surface area (Å²) in [6, 6.07) is 14.8. The maximum atomic E-state index is 3.97. The lowest BCUT2D eigenvalue weighted by Crippen LogP contribution is -2.02. The van der Waals surface area contributed by atoms with E-state index in [0.29, 0.717) is 0 Å². The third-order valence-electron chi connectivity index (χ3n) is 2.75. The molecule has 0 amide bonds. The molecule has 0 fully saturated rings. The largest absolute Gasteiger partial charge is 0.353 e. The van der Waals surface area contributed by atoms with Gasteiger partial charge in [-0.2, -0.15) is 0 Å². The fourth-order valence-electron chi connectivity index (χ4n) is 1.92. The topological polar surface area (TPSA) is 12.0 Å². The lowest BCUT2D eigenvalue weighted by atomic mass is 10.1. The van der Waals surface area contributed by atoms with Crippen molar-refractivity contribution in [2.24, 2.45) is 0 Å². The number of nitrogens with one attached hydrogen (secondary N) is 1. The third kappa shape index (κ3) is 1.50. The summed E-state index contributed by atoms with van der Waals surface area (Å²) >= 11 is 1.82. The van der Waals surface area contributed by atoms with Crippen LogP contribution < -0.4 is 5.32 Å². The highest BCUT2D eigenvalue weighted by molar-refractivity contribution is 7.99. The first-order chi connectivity index (χ1) is 7.88. The number of anilines is 2. The zero-order valence-electron chi connectivity index (χ0n) is 8.86. The first-order valence-corrected chi connectivity index (χ1v) is 6.15. The summed E-state index contributed by atoms with van der Waals surface area (Å²) in [6.07, 6.45) is 0.818. The molecule has 1 heterocycles. The molecule has 1 aliphatic heterocycles. The molecule has 2 aromatic rings. The van der Waals surface area contributed by atoms with E-state index in [4.69, 9.17) is 0 Å². The van der Waals surface area contributed by atoms with Gasteiger partial charge >= 0.3 is 0 Å². The van der Waals surface area contributed by atoms with E-state index in [-0.39, 0.29) is 0 Å². The minimum atomic E-state index is 0.818. The summed E-state index contributed by atoms with van der Waals surface area (Å²) in [4.78, 5) is 2.58. The minimum absolute atomic E-state index is 0.818. The van der Waals surface area contributed by atoms with Crippen LogP contribution >= 0.6 is 11.8 Å². The molecule has 0 aliphatic carbocycles. The number of hydrogen-bond acceptors (Lipinski definition) is 2. The highest BCUT2D eigenvalue weighted by Gasteiger charge is 2.16. The molecule has 1 radical (unpaired) electrons. The molecule has 3 rings (SSSR count). The Morgan fingerprint density at radius 3 is 2.69 bits per heavy atom. The van der Waals surface area contributed by atoms with Crippen LogP contribution in [0.25, 0.3) is 0 Å². The number of benzene rings is 2. The van der Waals surface area contributed by atoms with Gasteiger partial charge < -0.3 is 5.32 Å². The van der Waals surface area contributed by atoms with Crippen LogP contribution in [0.2, 0.25) is 0 Å². The Labute approximate surface area is 99.9 Å². The highest BCUT2D eigenvalue weighted by Crippen LogP contribution is 2.45.